The number of thiophene rings is 1. The first kappa shape index (κ1) is 16.2. The van der Waals surface area contributed by atoms with E-state index < -0.39 is 35.6 Å². The van der Waals surface area contributed by atoms with Crippen LogP contribution in [0.3, 0.4) is 0 Å². The molecule has 1 saturated heterocycles. The predicted octanol–water partition coefficient (Wildman–Crippen LogP) is 1.37. The normalized spacial score (nSPS) is 17.9. The Hall–Kier alpha value is -2.13. The number of carboxylic acid groups (broad SMARTS) is 1. The number of nitrogens with one attached hydrogen (secondary N) is 1. The highest BCUT2D eigenvalue weighted by atomic mass is 32.2. The summed E-state index contributed by atoms with van der Waals surface area (Å²) in [6.45, 7) is 0.800. The second-order valence-corrected chi connectivity index (χ2v) is 6.38. The van der Waals surface area contributed by atoms with Gasteiger partial charge in [0.25, 0.3) is 11.1 Å². The van der Waals surface area contributed by atoms with Gasteiger partial charge in [-0.3, -0.25) is 24.1 Å². The van der Waals surface area contributed by atoms with Crippen LogP contribution in [0.4, 0.5) is 4.79 Å². The first-order valence-corrected chi connectivity index (χ1v) is 7.89. The van der Waals surface area contributed by atoms with Gasteiger partial charge in [0, 0.05) is 4.88 Å². The van der Waals surface area contributed by atoms with Gasteiger partial charge in [-0.25, -0.2) is 0 Å². The largest absolute Gasteiger partial charge is 0.480 e. The lowest BCUT2D eigenvalue weighted by molar-refractivity contribution is -0.141. The molecule has 0 aromatic carbocycles. The molecule has 7 nitrogen and oxygen atoms in total. The number of thioether (sulfide) groups is 1. The van der Waals surface area contributed by atoms with E-state index in [4.69, 9.17) is 5.11 Å². The SMILES string of the molecule is CC(NC(=O)CN1C(=O)S/C(=C\c2cccs2)C1=O)C(=O)O. The van der Waals surface area contributed by atoms with Crippen LogP contribution in [0.25, 0.3) is 6.08 Å². The van der Waals surface area contributed by atoms with Crippen LogP contribution in [0.5, 0.6) is 0 Å². The smallest absolute Gasteiger partial charge is 0.325 e. The maximum Gasteiger partial charge on any atom is 0.325 e. The van der Waals surface area contributed by atoms with Gasteiger partial charge in [-0.05, 0) is 36.2 Å². The van der Waals surface area contributed by atoms with Crippen molar-refractivity contribution in [1.82, 2.24) is 10.2 Å². The number of nitrogens with zero attached hydrogens (tertiary/aromatic N) is 1. The highest BCUT2D eigenvalue weighted by molar-refractivity contribution is 8.18. The summed E-state index contributed by atoms with van der Waals surface area (Å²) in [6, 6.07) is 2.54. The summed E-state index contributed by atoms with van der Waals surface area (Å²) in [4.78, 5) is 48.1. The molecule has 1 atom stereocenters. The van der Waals surface area contributed by atoms with E-state index in [9.17, 15) is 19.2 Å². The quantitative estimate of drug-likeness (QED) is 0.785. The van der Waals surface area contributed by atoms with E-state index in [1.807, 2.05) is 11.4 Å². The van der Waals surface area contributed by atoms with E-state index in [2.05, 4.69) is 5.32 Å². The van der Waals surface area contributed by atoms with Crippen molar-refractivity contribution < 1.29 is 24.3 Å². The molecule has 9 heteroatoms. The minimum absolute atomic E-state index is 0.242. The van der Waals surface area contributed by atoms with Crippen LogP contribution in [0.1, 0.15) is 11.8 Å². The van der Waals surface area contributed by atoms with Crippen LogP contribution in [0.2, 0.25) is 0 Å². The number of rotatable bonds is 5. The third-order valence-electron chi connectivity index (χ3n) is 2.74. The van der Waals surface area contributed by atoms with Crippen molar-refractivity contribution in [2.75, 3.05) is 6.54 Å². The van der Waals surface area contributed by atoms with Crippen molar-refractivity contribution in [2.45, 2.75) is 13.0 Å². The molecule has 116 valence electrons. The Kier molecular flexibility index (Phi) is 4.99. The highest BCUT2D eigenvalue weighted by Crippen LogP contribution is 2.32. The standard InChI is InChI=1S/C13H12N2O5S2/c1-7(12(18)19)14-10(16)6-15-11(17)9(22-13(15)20)5-8-3-2-4-21-8/h2-5,7H,6H2,1H3,(H,14,16)(H,18,19)/b9-5-. The maximum atomic E-state index is 12.1. The second kappa shape index (κ2) is 6.75. The Morgan fingerprint density at radius 1 is 1.45 bits per heavy atom. The lowest BCUT2D eigenvalue weighted by Gasteiger charge is -2.14. The molecular weight excluding hydrogens is 328 g/mol. The minimum atomic E-state index is -1.19. The van der Waals surface area contributed by atoms with Crippen molar-refractivity contribution in [1.29, 1.82) is 0 Å². The van der Waals surface area contributed by atoms with Gasteiger partial charge >= 0.3 is 5.97 Å². The van der Waals surface area contributed by atoms with Crippen LogP contribution < -0.4 is 5.32 Å². The lowest BCUT2D eigenvalue weighted by Crippen LogP contribution is -2.45. The number of carboxylic acids is 1. The summed E-state index contributed by atoms with van der Waals surface area (Å²) in [5, 5.41) is 12.2. The number of imide groups is 1. The van der Waals surface area contributed by atoms with Crippen LogP contribution in [-0.4, -0.2) is 45.6 Å². The molecule has 1 aliphatic rings. The topological polar surface area (TPSA) is 104 Å². The first-order chi connectivity index (χ1) is 10.4. The highest BCUT2D eigenvalue weighted by Gasteiger charge is 2.36. The summed E-state index contributed by atoms with van der Waals surface area (Å²) < 4.78 is 0. The molecule has 1 aliphatic heterocycles. The van der Waals surface area contributed by atoms with Gasteiger partial charge in [-0.1, -0.05) is 6.07 Å². The zero-order valence-electron chi connectivity index (χ0n) is 11.4. The number of carbonyl (C=O) groups excluding carboxylic acids is 3. The molecule has 0 saturated carbocycles. The van der Waals surface area contributed by atoms with Crippen molar-refractivity contribution in [3.05, 3.63) is 27.3 Å². The molecule has 1 unspecified atom stereocenters. The minimum Gasteiger partial charge on any atom is -0.480 e. The third kappa shape index (κ3) is 3.74. The van der Waals surface area contributed by atoms with E-state index in [0.717, 1.165) is 21.5 Å². The molecule has 1 aromatic heterocycles. The van der Waals surface area contributed by atoms with Gasteiger partial charge in [0.1, 0.15) is 12.6 Å². The predicted molar refractivity (Wildman–Crippen MR) is 82.2 cm³/mol. The number of amides is 3. The summed E-state index contributed by atoms with van der Waals surface area (Å²) in [7, 11) is 0. The zero-order valence-corrected chi connectivity index (χ0v) is 13.1. The Bertz CT molecular complexity index is 653. The average molecular weight is 340 g/mol. The molecule has 0 spiro atoms. The van der Waals surface area contributed by atoms with Gasteiger partial charge in [0.05, 0.1) is 4.91 Å². The molecule has 22 heavy (non-hydrogen) atoms. The van der Waals surface area contributed by atoms with Crippen LogP contribution in [0, 0.1) is 0 Å². The van der Waals surface area contributed by atoms with Gasteiger partial charge in [-0.15, -0.1) is 11.3 Å². The Morgan fingerprint density at radius 3 is 2.77 bits per heavy atom. The second-order valence-electron chi connectivity index (χ2n) is 4.41. The fraction of sp³-hybridized carbons (Fsp3) is 0.231. The van der Waals surface area contributed by atoms with Crippen LogP contribution in [-0.2, 0) is 14.4 Å². The van der Waals surface area contributed by atoms with Crippen LogP contribution >= 0.6 is 23.1 Å². The Morgan fingerprint density at radius 2 is 2.18 bits per heavy atom. The number of aliphatic carboxylic acids is 1. The van der Waals surface area contributed by atoms with E-state index in [0.29, 0.717) is 0 Å². The summed E-state index contributed by atoms with van der Waals surface area (Å²) in [5.74, 6) is -2.45. The lowest BCUT2D eigenvalue weighted by atomic mass is 10.3. The van der Waals surface area contributed by atoms with E-state index in [1.165, 1.54) is 18.3 Å². The molecule has 0 radical (unpaired) electrons. The molecule has 3 amide bonds. The third-order valence-corrected chi connectivity index (χ3v) is 4.47. The number of hydrogen-bond acceptors (Lipinski definition) is 6. The van der Waals surface area contributed by atoms with Crippen molar-refractivity contribution >= 4 is 52.2 Å². The fourth-order valence-electron chi connectivity index (χ4n) is 1.63. The van der Waals surface area contributed by atoms with E-state index in [-0.39, 0.29) is 4.91 Å². The van der Waals surface area contributed by atoms with Gasteiger partial charge in [-0.2, -0.15) is 0 Å². The van der Waals surface area contributed by atoms with Gasteiger partial charge < -0.3 is 10.4 Å². The molecule has 0 aliphatic carbocycles. The van der Waals surface area contributed by atoms with Crippen molar-refractivity contribution in [3.63, 3.8) is 0 Å². The Balaban J connectivity index is 2.03. The molecule has 0 bridgehead atoms. The van der Waals surface area contributed by atoms with Crippen LogP contribution in [0.15, 0.2) is 22.4 Å². The van der Waals surface area contributed by atoms with Gasteiger partial charge in [0.15, 0.2) is 0 Å². The summed E-state index contributed by atoms with van der Waals surface area (Å²) in [5.41, 5.74) is 0. The monoisotopic (exact) mass is 340 g/mol. The zero-order chi connectivity index (χ0) is 16.3. The van der Waals surface area contributed by atoms with Crippen molar-refractivity contribution in [2.24, 2.45) is 0 Å². The fourth-order valence-corrected chi connectivity index (χ4v) is 3.19. The molecule has 2 rings (SSSR count). The molecular formula is C13H12N2O5S2. The Labute approximate surface area is 134 Å². The maximum absolute atomic E-state index is 12.1. The van der Waals surface area contributed by atoms with Crippen molar-refractivity contribution in [3.8, 4) is 0 Å². The molecule has 1 aromatic rings. The molecule has 2 N–H and O–H groups in total. The molecule has 2 heterocycles. The van der Waals surface area contributed by atoms with E-state index >= 15 is 0 Å². The number of carbonyl (C=O) groups is 4. The number of hydrogen-bond donors (Lipinski definition) is 2. The summed E-state index contributed by atoms with van der Waals surface area (Å²) >= 11 is 2.18. The molecule has 1 fully saturated rings. The van der Waals surface area contributed by atoms with E-state index in [1.54, 1.807) is 12.1 Å². The average Bonchev–Trinajstić information content (AvgIpc) is 3.03. The first-order valence-electron chi connectivity index (χ1n) is 6.19. The summed E-state index contributed by atoms with van der Waals surface area (Å²) in [6.07, 6.45) is 1.59. The van der Waals surface area contributed by atoms with Gasteiger partial charge in [0.2, 0.25) is 5.91 Å².